The molecule has 0 aliphatic carbocycles. The molecule has 0 radical (unpaired) electrons. The van der Waals surface area contributed by atoms with Crippen molar-refractivity contribution >= 4 is 21.9 Å². The second kappa shape index (κ2) is 8.60. The average molecular weight is 420 g/mol. The van der Waals surface area contributed by atoms with Crippen LogP contribution in [0, 0.1) is 0 Å². The minimum absolute atomic E-state index is 0.0123. The molecule has 2 aliphatic heterocycles. The van der Waals surface area contributed by atoms with Gasteiger partial charge in [0.25, 0.3) is 5.91 Å². The summed E-state index contributed by atoms with van der Waals surface area (Å²) in [6.07, 6.45) is 5.36. The van der Waals surface area contributed by atoms with Gasteiger partial charge in [0.05, 0.1) is 4.90 Å². The average Bonchev–Trinajstić information content (AvgIpc) is 3.34. The molecule has 29 heavy (non-hydrogen) atoms. The van der Waals surface area contributed by atoms with Gasteiger partial charge in [-0.2, -0.15) is 4.31 Å². The third-order valence-corrected chi connectivity index (χ3v) is 7.10. The number of benzene rings is 1. The Kier molecular flexibility index (Phi) is 5.93. The van der Waals surface area contributed by atoms with Crippen molar-refractivity contribution in [2.24, 2.45) is 0 Å². The van der Waals surface area contributed by atoms with Crippen molar-refractivity contribution in [1.29, 1.82) is 0 Å². The molecule has 4 rings (SSSR count). The Morgan fingerprint density at radius 2 is 1.76 bits per heavy atom. The van der Waals surface area contributed by atoms with Gasteiger partial charge in [-0.1, -0.05) is 17.9 Å². The first-order chi connectivity index (χ1) is 14.0. The molecular formula is C19H24N4O5S. The molecule has 0 spiro atoms. The zero-order valence-corrected chi connectivity index (χ0v) is 16.9. The van der Waals surface area contributed by atoms with Crippen molar-refractivity contribution in [3.63, 3.8) is 0 Å². The Bertz CT molecular complexity index is 943. The number of sulfonamides is 1. The lowest BCUT2D eigenvalue weighted by Crippen LogP contribution is -2.31. The molecule has 2 saturated heterocycles. The minimum Gasteiger partial charge on any atom is -0.405 e. The van der Waals surface area contributed by atoms with Gasteiger partial charge in [0.1, 0.15) is 6.10 Å². The van der Waals surface area contributed by atoms with Crippen LogP contribution in [0.15, 0.2) is 33.6 Å². The summed E-state index contributed by atoms with van der Waals surface area (Å²) in [6, 6.07) is 5.87. The van der Waals surface area contributed by atoms with E-state index in [1.165, 1.54) is 28.6 Å². The molecule has 3 heterocycles. The fourth-order valence-electron chi connectivity index (χ4n) is 3.57. The van der Waals surface area contributed by atoms with Crippen molar-refractivity contribution in [3.8, 4) is 0 Å². The fourth-order valence-corrected chi connectivity index (χ4v) is 5.08. The maximum absolute atomic E-state index is 12.8. The topological polar surface area (TPSA) is 115 Å². The number of carbonyl (C=O) groups excluding carboxylic acids is 1. The van der Waals surface area contributed by atoms with E-state index in [9.17, 15) is 13.2 Å². The molecular weight excluding hydrogens is 396 g/mol. The monoisotopic (exact) mass is 420 g/mol. The van der Waals surface area contributed by atoms with Crippen LogP contribution in [-0.2, 0) is 14.8 Å². The van der Waals surface area contributed by atoms with E-state index in [0.717, 1.165) is 38.5 Å². The Balaban J connectivity index is 1.42. The predicted octanol–water partition coefficient (Wildman–Crippen LogP) is 2.74. The Labute approximate surface area is 169 Å². The van der Waals surface area contributed by atoms with Crippen molar-refractivity contribution in [1.82, 2.24) is 14.5 Å². The summed E-state index contributed by atoms with van der Waals surface area (Å²) in [5, 5.41) is 10.3. The Morgan fingerprint density at radius 3 is 2.41 bits per heavy atom. The van der Waals surface area contributed by atoms with Gasteiger partial charge in [0, 0.05) is 25.3 Å². The molecule has 0 saturated carbocycles. The minimum atomic E-state index is -3.55. The number of hydrogen-bond acceptors (Lipinski definition) is 7. The number of rotatable bonds is 5. The largest absolute Gasteiger partial charge is 0.405 e. The molecule has 1 amide bonds. The second-order valence-corrected chi connectivity index (χ2v) is 9.18. The summed E-state index contributed by atoms with van der Waals surface area (Å²) in [4.78, 5) is 12.6. The molecule has 1 aromatic carbocycles. The smallest absolute Gasteiger partial charge is 0.322 e. The lowest BCUT2D eigenvalue weighted by atomic mass is 10.2. The van der Waals surface area contributed by atoms with Gasteiger partial charge in [-0.25, -0.2) is 8.42 Å². The molecule has 2 aromatic rings. The van der Waals surface area contributed by atoms with Crippen LogP contribution in [0.2, 0.25) is 0 Å². The lowest BCUT2D eigenvalue weighted by Gasteiger charge is -2.19. The summed E-state index contributed by atoms with van der Waals surface area (Å²) >= 11 is 0. The Hall–Kier alpha value is -2.30. The van der Waals surface area contributed by atoms with Crippen LogP contribution in [0.1, 0.15) is 60.9 Å². The molecule has 0 unspecified atom stereocenters. The maximum atomic E-state index is 12.8. The Morgan fingerprint density at radius 1 is 1.03 bits per heavy atom. The van der Waals surface area contributed by atoms with E-state index in [1.807, 2.05) is 0 Å². The van der Waals surface area contributed by atoms with Crippen LogP contribution in [0.25, 0.3) is 0 Å². The van der Waals surface area contributed by atoms with Gasteiger partial charge in [0.15, 0.2) is 0 Å². The summed E-state index contributed by atoms with van der Waals surface area (Å²) in [5.41, 5.74) is 0.302. The van der Waals surface area contributed by atoms with E-state index in [-0.39, 0.29) is 17.0 Å². The van der Waals surface area contributed by atoms with Crippen molar-refractivity contribution in [3.05, 3.63) is 35.7 Å². The molecule has 10 heteroatoms. The van der Waals surface area contributed by atoms with Crippen LogP contribution in [0.3, 0.4) is 0 Å². The quantitative estimate of drug-likeness (QED) is 0.791. The highest BCUT2D eigenvalue weighted by Gasteiger charge is 2.26. The van der Waals surface area contributed by atoms with Gasteiger partial charge in [-0.05, 0) is 49.9 Å². The predicted molar refractivity (Wildman–Crippen MR) is 104 cm³/mol. The first-order valence-corrected chi connectivity index (χ1v) is 11.3. The van der Waals surface area contributed by atoms with E-state index in [2.05, 4.69) is 15.5 Å². The summed E-state index contributed by atoms with van der Waals surface area (Å²) in [7, 11) is -3.55. The first kappa shape index (κ1) is 20.0. The van der Waals surface area contributed by atoms with Crippen LogP contribution in [0.5, 0.6) is 0 Å². The molecule has 156 valence electrons. The van der Waals surface area contributed by atoms with E-state index >= 15 is 0 Å². The summed E-state index contributed by atoms with van der Waals surface area (Å²) < 4.78 is 38.1. The molecule has 1 aromatic heterocycles. The molecule has 2 aliphatic rings. The number of aromatic nitrogens is 2. The summed E-state index contributed by atoms with van der Waals surface area (Å²) in [6.45, 7) is 1.73. The molecule has 2 fully saturated rings. The van der Waals surface area contributed by atoms with Crippen LogP contribution in [0.4, 0.5) is 6.01 Å². The third-order valence-electron chi connectivity index (χ3n) is 5.19. The van der Waals surface area contributed by atoms with Crippen molar-refractivity contribution in [2.75, 3.05) is 25.0 Å². The molecule has 0 bridgehead atoms. The number of nitrogens with one attached hydrogen (secondary N) is 1. The van der Waals surface area contributed by atoms with E-state index in [0.29, 0.717) is 31.2 Å². The number of nitrogens with zero attached hydrogens (tertiary/aromatic N) is 3. The first-order valence-electron chi connectivity index (χ1n) is 9.90. The number of carbonyl (C=O) groups is 1. The number of ether oxygens (including phenoxy) is 1. The van der Waals surface area contributed by atoms with Gasteiger partial charge in [-0.3, -0.25) is 10.1 Å². The van der Waals surface area contributed by atoms with Gasteiger partial charge in [0.2, 0.25) is 15.9 Å². The number of hydrogen-bond donors (Lipinski definition) is 1. The molecule has 1 N–H and O–H groups in total. The summed E-state index contributed by atoms with van der Waals surface area (Å²) in [5.74, 6) is -0.108. The zero-order chi connectivity index (χ0) is 20.3. The maximum Gasteiger partial charge on any atom is 0.322 e. The van der Waals surface area contributed by atoms with Crippen LogP contribution in [-0.4, -0.2) is 48.5 Å². The molecule has 1 atom stereocenters. The highest BCUT2D eigenvalue weighted by molar-refractivity contribution is 7.89. The van der Waals surface area contributed by atoms with E-state index in [1.54, 1.807) is 0 Å². The van der Waals surface area contributed by atoms with Gasteiger partial charge >= 0.3 is 6.01 Å². The van der Waals surface area contributed by atoms with Gasteiger partial charge < -0.3 is 9.15 Å². The molecule has 9 nitrogen and oxygen atoms in total. The van der Waals surface area contributed by atoms with Crippen LogP contribution < -0.4 is 5.32 Å². The fraction of sp³-hybridized carbons (Fsp3) is 0.526. The normalized spacial score (nSPS) is 21.0. The third kappa shape index (κ3) is 4.49. The van der Waals surface area contributed by atoms with Gasteiger partial charge in [-0.15, -0.1) is 5.10 Å². The standard InChI is InChI=1S/C19H24N4O5S/c24-17(20-19-22-21-18(28-19)16-6-5-13-27-16)14-7-9-15(10-8-14)29(25,26)23-11-3-1-2-4-12-23/h7-10,16H,1-6,11-13H2,(H,20,22,24)/t16-/m1/s1. The number of anilines is 1. The van der Waals surface area contributed by atoms with Crippen molar-refractivity contribution in [2.45, 2.75) is 49.5 Å². The van der Waals surface area contributed by atoms with E-state index < -0.39 is 15.9 Å². The highest BCUT2D eigenvalue weighted by atomic mass is 32.2. The zero-order valence-electron chi connectivity index (χ0n) is 16.0. The van der Waals surface area contributed by atoms with Crippen LogP contribution >= 0.6 is 0 Å². The van der Waals surface area contributed by atoms with E-state index in [4.69, 9.17) is 9.15 Å². The highest BCUT2D eigenvalue weighted by Crippen LogP contribution is 2.28. The SMILES string of the molecule is O=C(Nc1nnc([C@H]2CCCO2)o1)c1ccc(S(=O)(=O)N2CCCCCC2)cc1. The van der Waals surface area contributed by atoms with Crippen molar-refractivity contribution < 1.29 is 22.4 Å². The number of amides is 1. The lowest BCUT2D eigenvalue weighted by molar-refractivity contribution is 0.0893. The second-order valence-electron chi connectivity index (χ2n) is 7.24.